The zero-order chi connectivity index (χ0) is 43.8. The van der Waals surface area contributed by atoms with E-state index in [9.17, 15) is 43.1 Å². The molecule has 0 saturated heterocycles. The van der Waals surface area contributed by atoms with Crippen molar-refractivity contribution < 1.29 is 47.7 Å². The molecule has 0 fully saturated rings. The highest BCUT2D eigenvalue weighted by Gasteiger charge is 2.33. The van der Waals surface area contributed by atoms with Gasteiger partial charge in [0.25, 0.3) is 11.5 Å². The summed E-state index contributed by atoms with van der Waals surface area (Å²) >= 11 is 0. The lowest BCUT2D eigenvalue weighted by Crippen LogP contribution is -2.38. The molecule has 59 heavy (non-hydrogen) atoms. The fourth-order valence-corrected chi connectivity index (χ4v) is 6.78. The minimum Gasteiger partial charge on any atom is -0.439 e. The number of halogens is 1. The van der Waals surface area contributed by atoms with Gasteiger partial charge in [0, 0.05) is 63.4 Å². The Labute approximate surface area is 342 Å². The average Bonchev–Trinajstić information content (AvgIpc) is 3.18. The summed E-state index contributed by atoms with van der Waals surface area (Å²) < 4.78 is 31.1. The number of ether oxygens (including phenoxy) is 3. The first-order valence-corrected chi connectivity index (χ1v) is 19.5. The monoisotopic (exact) mass is 828 g/mol. The van der Waals surface area contributed by atoms with Crippen LogP contribution in [-0.4, -0.2) is 95.9 Å². The summed E-state index contributed by atoms with van der Waals surface area (Å²) in [4.78, 5) is 89.6. The summed E-state index contributed by atoms with van der Waals surface area (Å²) in [6, 6.07) is 0. The summed E-state index contributed by atoms with van der Waals surface area (Å²) in [7, 11) is 2.88. The van der Waals surface area contributed by atoms with Crippen molar-refractivity contribution in [1.29, 1.82) is 0 Å². The molecule has 2 bridgehead atoms. The standard InChI is InChI=1S/C41H57FN6O11/c1-23-18-27-34(45-16-10-8-7-9-15-44-33(50)14-17-48-22-28(42)39(54)47-41(48)56)30(49)21-29(36(27)52)46-38(53)24(2)12-11-13-31(57-5)37(59-40(43)55)26(4)20-25(3)35(51)32(19-23)58-6/h11-13,20-23,25,31-32,35,37,45,51H,7-10,14-19H2,1-6H3,(H2,43,55)(H,44,50)(H,46,53)(H,47,54,56)/b13-11-,24-12-,26-20-/t23-,25+,31+,32+,35+,37+/m1/s1. The number of Topliss-reactive ketones (excluding diaryl/α,β-unsaturated/α-hetero) is 1. The van der Waals surface area contributed by atoms with E-state index in [4.69, 9.17) is 19.9 Å². The number of nitrogens with one attached hydrogen (secondary N) is 4. The molecule has 3 rings (SSSR count). The van der Waals surface area contributed by atoms with Gasteiger partial charge in [-0.05, 0) is 51.0 Å². The Hall–Kier alpha value is -5.46. The lowest BCUT2D eigenvalue weighted by molar-refractivity contribution is -0.121. The van der Waals surface area contributed by atoms with Crippen molar-refractivity contribution in [2.75, 3.05) is 27.3 Å². The number of aromatic nitrogens is 2. The highest BCUT2D eigenvalue weighted by molar-refractivity contribution is 6.23. The van der Waals surface area contributed by atoms with E-state index in [-0.39, 0.29) is 53.8 Å². The number of nitrogens with two attached hydrogens (primary N) is 1. The number of hydrogen-bond donors (Lipinski definition) is 6. The summed E-state index contributed by atoms with van der Waals surface area (Å²) in [5.41, 5.74) is 4.35. The molecule has 0 aromatic carbocycles. The maximum Gasteiger partial charge on any atom is 0.405 e. The Morgan fingerprint density at radius 3 is 2.39 bits per heavy atom. The van der Waals surface area contributed by atoms with Crippen LogP contribution < -0.4 is 32.9 Å². The van der Waals surface area contributed by atoms with Crippen molar-refractivity contribution in [3.05, 3.63) is 91.3 Å². The molecule has 0 radical (unpaired) electrons. The van der Waals surface area contributed by atoms with Gasteiger partial charge >= 0.3 is 11.8 Å². The van der Waals surface area contributed by atoms with Crippen molar-refractivity contribution >= 4 is 29.5 Å². The largest absolute Gasteiger partial charge is 0.439 e. The Morgan fingerprint density at radius 1 is 1.03 bits per heavy atom. The SMILES string of the molecule is CO[C@H]1/C=C\C=C(\C)C(=O)NC2=CC(=O)C(NCCCCCCNC(=O)CCn3cc(F)c(=O)[nH]c3=O)=C(C[C@@H](C)C[C@H](OC)[C@@H](O)[C@@H](C)/C=C(/C)[C@@H]1OC(N)=O)C2=O. The maximum atomic E-state index is 14.0. The number of aliphatic hydroxyl groups excluding tert-OH is 1. The molecule has 0 unspecified atom stereocenters. The third-order valence-corrected chi connectivity index (χ3v) is 10.1. The van der Waals surface area contributed by atoms with E-state index >= 15 is 0 Å². The molecular formula is C41H57FN6O11. The number of carbonyl (C=O) groups is 5. The predicted octanol–water partition coefficient (Wildman–Crippen LogP) is 2.11. The molecule has 7 N–H and O–H groups in total. The van der Waals surface area contributed by atoms with E-state index in [1.165, 1.54) is 33.3 Å². The normalized spacial score (nSPS) is 25.8. The Bertz CT molecular complexity index is 1980. The van der Waals surface area contributed by atoms with E-state index < -0.39 is 71.0 Å². The minimum absolute atomic E-state index is 0.0837. The summed E-state index contributed by atoms with van der Waals surface area (Å²) in [6.45, 7) is 7.52. The first kappa shape index (κ1) is 47.9. The first-order chi connectivity index (χ1) is 28.0. The van der Waals surface area contributed by atoms with Gasteiger partial charge in [-0.15, -0.1) is 0 Å². The van der Waals surface area contributed by atoms with E-state index in [0.717, 1.165) is 29.7 Å². The van der Waals surface area contributed by atoms with Gasteiger partial charge in [0.15, 0.2) is 6.10 Å². The molecule has 324 valence electrons. The molecule has 0 saturated carbocycles. The topological polar surface area (TPSA) is 250 Å². The van der Waals surface area contributed by atoms with Crippen LogP contribution in [0.15, 0.2) is 74.3 Å². The second-order valence-electron chi connectivity index (χ2n) is 14.8. The smallest absolute Gasteiger partial charge is 0.405 e. The zero-order valence-corrected chi connectivity index (χ0v) is 34.4. The van der Waals surface area contributed by atoms with Gasteiger partial charge in [-0.1, -0.05) is 51.0 Å². The fraction of sp³-hybridized carbons (Fsp3) is 0.537. The molecule has 1 aromatic heterocycles. The van der Waals surface area contributed by atoms with Gasteiger partial charge in [0.1, 0.15) is 6.10 Å². The molecule has 1 aliphatic carbocycles. The third kappa shape index (κ3) is 14.4. The highest BCUT2D eigenvalue weighted by atomic mass is 19.1. The van der Waals surface area contributed by atoms with Gasteiger partial charge in [-0.2, -0.15) is 4.39 Å². The zero-order valence-electron chi connectivity index (χ0n) is 34.4. The number of rotatable bonds is 14. The number of hydrogen-bond acceptors (Lipinski definition) is 12. The number of H-pyrrole nitrogens is 1. The molecule has 2 aliphatic rings. The van der Waals surface area contributed by atoms with Crippen LogP contribution in [0.4, 0.5) is 9.18 Å². The molecule has 3 amide bonds. The number of primary amides is 1. The van der Waals surface area contributed by atoms with E-state index in [1.54, 1.807) is 26.0 Å². The number of carbonyl (C=O) groups excluding carboxylic acids is 5. The summed E-state index contributed by atoms with van der Waals surface area (Å²) in [5.74, 6) is -3.85. The van der Waals surface area contributed by atoms with Crippen LogP contribution in [0.2, 0.25) is 0 Å². The van der Waals surface area contributed by atoms with Gasteiger partial charge in [-0.3, -0.25) is 33.5 Å². The van der Waals surface area contributed by atoms with Crippen molar-refractivity contribution in [1.82, 2.24) is 25.5 Å². The summed E-state index contributed by atoms with van der Waals surface area (Å²) in [5, 5.41) is 19.9. The Balaban J connectivity index is 1.72. The quantitative estimate of drug-likeness (QED) is 0.0897. The van der Waals surface area contributed by atoms with E-state index in [0.29, 0.717) is 37.9 Å². The number of unbranched alkanes of at least 4 members (excludes halogenated alkanes) is 3. The van der Waals surface area contributed by atoms with Gasteiger partial charge < -0.3 is 41.0 Å². The van der Waals surface area contributed by atoms with Crippen molar-refractivity contribution in [3.63, 3.8) is 0 Å². The van der Waals surface area contributed by atoms with Crippen molar-refractivity contribution in [2.24, 2.45) is 17.6 Å². The molecule has 2 heterocycles. The number of fused-ring (bicyclic) bond motifs is 2. The van der Waals surface area contributed by atoms with Crippen LogP contribution in [0, 0.1) is 17.7 Å². The molecule has 0 spiro atoms. The molecule has 6 atom stereocenters. The number of allylic oxidation sites excluding steroid dienone is 4. The van der Waals surface area contributed by atoms with Crippen molar-refractivity contribution in [2.45, 2.75) is 104 Å². The second kappa shape index (κ2) is 23.2. The third-order valence-electron chi connectivity index (χ3n) is 10.1. The van der Waals surface area contributed by atoms with Crippen LogP contribution in [0.1, 0.15) is 72.6 Å². The molecule has 1 aliphatic heterocycles. The lowest BCUT2D eigenvalue weighted by Gasteiger charge is -2.30. The van der Waals surface area contributed by atoms with E-state index in [1.807, 2.05) is 11.9 Å². The maximum absolute atomic E-state index is 14.0. The first-order valence-electron chi connectivity index (χ1n) is 19.5. The van der Waals surface area contributed by atoms with Crippen LogP contribution in [0.3, 0.4) is 0 Å². The number of amides is 3. The lowest BCUT2D eigenvalue weighted by atomic mass is 9.85. The number of methoxy groups -OCH3 is 2. The number of aliphatic hydroxyl groups is 1. The number of aromatic amines is 1. The van der Waals surface area contributed by atoms with Gasteiger partial charge in [-0.25, -0.2) is 9.59 Å². The fourth-order valence-electron chi connectivity index (χ4n) is 6.78. The number of aryl methyl sites for hydroxylation is 1. The Kier molecular flexibility index (Phi) is 18.9. The van der Waals surface area contributed by atoms with Crippen LogP contribution >= 0.6 is 0 Å². The minimum atomic E-state index is -1.12. The summed E-state index contributed by atoms with van der Waals surface area (Å²) in [6.07, 6.45) is 6.74. The molecular weight excluding hydrogens is 771 g/mol. The molecule has 17 nitrogen and oxygen atoms in total. The van der Waals surface area contributed by atoms with Gasteiger partial charge in [0.05, 0.1) is 29.8 Å². The number of ketones is 2. The predicted molar refractivity (Wildman–Crippen MR) is 215 cm³/mol. The molecule has 1 aromatic rings. The highest BCUT2D eigenvalue weighted by Crippen LogP contribution is 2.29. The average molecular weight is 829 g/mol. The van der Waals surface area contributed by atoms with Crippen LogP contribution in [-0.2, 0) is 39.9 Å². The molecule has 18 heteroatoms. The van der Waals surface area contributed by atoms with Crippen LogP contribution in [0.25, 0.3) is 0 Å². The number of nitrogens with zero attached hydrogens (tertiary/aromatic N) is 1. The van der Waals surface area contributed by atoms with Gasteiger partial charge in [0.2, 0.25) is 23.3 Å². The van der Waals surface area contributed by atoms with E-state index in [2.05, 4.69) is 16.0 Å². The Morgan fingerprint density at radius 2 is 1.73 bits per heavy atom. The van der Waals surface area contributed by atoms with Crippen molar-refractivity contribution in [3.8, 4) is 0 Å². The van der Waals surface area contributed by atoms with Crippen LogP contribution in [0.5, 0.6) is 0 Å². The second-order valence-corrected chi connectivity index (χ2v) is 14.8.